The summed E-state index contributed by atoms with van der Waals surface area (Å²) >= 11 is 3.19. The number of hydrogen-bond donors (Lipinski definition) is 0. The van der Waals surface area contributed by atoms with Crippen molar-refractivity contribution in [1.29, 1.82) is 5.26 Å². The molecule has 0 amide bonds. The van der Waals surface area contributed by atoms with Crippen LogP contribution in [0.2, 0.25) is 0 Å². The first-order chi connectivity index (χ1) is 9.65. The van der Waals surface area contributed by atoms with Gasteiger partial charge in [0.2, 0.25) is 0 Å². The maximum atomic E-state index is 14.7. The molecule has 0 saturated carbocycles. The van der Waals surface area contributed by atoms with Crippen LogP contribution in [0.25, 0.3) is 11.1 Å². The van der Waals surface area contributed by atoms with Crippen LogP contribution >= 0.6 is 15.9 Å². The normalized spacial score (nSPS) is 10.2. The monoisotopic (exact) mass is 333 g/mol. The molecule has 0 heterocycles. The molecule has 0 aromatic heterocycles. The molecule has 0 fully saturated rings. The van der Waals surface area contributed by atoms with Gasteiger partial charge in [-0.15, -0.1) is 0 Å². The zero-order valence-corrected chi connectivity index (χ0v) is 12.8. The van der Waals surface area contributed by atoms with Crippen molar-refractivity contribution in [2.45, 2.75) is 13.3 Å². The summed E-state index contributed by atoms with van der Waals surface area (Å²) in [5.74, 6) is -0.148. The molecule has 0 atom stereocenters. The molecule has 2 aromatic rings. The molecule has 0 aliphatic carbocycles. The molecule has 0 saturated heterocycles. The summed E-state index contributed by atoms with van der Waals surface area (Å²) in [7, 11) is 1.43. The summed E-state index contributed by atoms with van der Waals surface area (Å²) in [6.07, 6.45) is 0.549. The fourth-order valence-electron chi connectivity index (χ4n) is 2.28. The van der Waals surface area contributed by atoms with Gasteiger partial charge in [0, 0.05) is 5.56 Å². The summed E-state index contributed by atoms with van der Waals surface area (Å²) in [5.41, 5.74) is 2.25. The van der Waals surface area contributed by atoms with Crippen LogP contribution in [0.4, 0.5) is 4.39 Å². The number of ether oxygens (including phenoxy) is 1. The summed E-state index contributed by atoms with van der Waals surface area (Å²) in [5, 5.41) is 9.37. The number of hydrogen-bond acceptors (Lipinski definition) is 2. The lowest BCUT2D eigenvalue weighted by Gasteiger charge is -2.16. The van der Waals surface area contributed by atoms with Crippen LogP contribution < -0.4 is 4.74 Å². The third kappa shape index (κ3) is 2.30. The average molecular weight is 334 g/mol. The van der Waals surface area contributed by atoms with E-state index in [0.717, 1.165) is 5.56 Å². The van der Waals surface area contributed by atoms with E-state index in [1.165, 1.54) is 7.11 Å². The van der Waals surface area contributed by atoms with Crippen LogP contribution in [0.1, 0.15) is 18.1 Å². The second kappa shape index (κ2) is 6.06. The van der Waals surface area contributed by atoms with Crippen molar-refractivity contribution in [3.63, 3.8) is 0 Å². The highest BCUT2D eigenvalue weighted by Crippen LogP contribution is 2.41. The highest BCUT2D eigenvalue weighted by molar-refractivity contribution is 9.10. The van der Waals surface area contributed by atoms with Crippen LogP contribution in [0.5, 0.6) is 5.75 Å². The Bertz CT molecular complexity index is 677. The topological polar surface area (TPSA) is 33.0 Å². The van der Waals surface area contributed by atoms with Gasteiger partial charge in [0.25, 0.3) is 0 Å². The number of benzene rings is 2. The summed E-state index contributed by atoms with van der Waals surface area (Å²) in [4.78, 5) is 0. The highest BCUT2D eigenvalue weighted by Gasteiger charge is 2.23. The summed E-state index contributed by atoms with van der Waals surface area (Å²) in [6.45, 7) is 1.90. The largest absolute Gasteiger partial charge is 0.494 e. The molecule has 102 valence electrons. The van der Waals surface area contributed by atoms with Gasteiger partial charge in [-0.1, -0.05) is 37.3 Å². The van der Waals surface area contributed by atoms with Gasteiger partial charge < -0.3 is 4.74 Å². The zero-order valence-electron chi connectivity index (χ0n) is 11.2. The van der Waals surface area contributed by atoms with Gasteiger partial charge in [0.1, 0.15) is 11.9 Å². The lowest BCUT2D eigenvalue weighted by molar-refractivity contribution is 0.406. The maximum Gasteiger partial charge on any atom is 0.154 e. The van der Waals surface area contributed by atoms with E-state index in [2.05, 4.69) is 22.0 Å². The molecule has 4 heteroatoms. The minimum Gasteiger partial charge on any atom is -0.494 e. The standard InChI is InChI=1S/C16H13BrFNO/c1-3-11-12(9-19)16(20-2)14(17)15(18)13(11)10-7-5-4-6-8-10/h4-8H,3H2,1-2H3. The average Bonchev–Trinajstić information content (AvgIpc) is 2.49. The Labute approximate surface area is 125 Å². The molecule has 0 spiro atoms. The van der Waals surface area contributed by atoms with Crippen LogP contribution in [0, 0.1) is 17.1 Å². The Kier molecular flexibility index (Phi) is 4.41. The van der Waals surface area contributed by atoms with Gasteiger partial charge in [-0.05, 0) is 33.5 Å². The molecule has 0 aliphatic heterocycles. The summed E-state index contributed by atoms with van der Waals surface area (Å²) < 4.78 is 20.0. The molecule has 20 heavy (non-hydrogen) atoms. The Morgan fingerprint density at radius 2 is 1.95 bits per heavy atom. The second-order valence-electron chi connectivity index (χ2n) is 4.22. The van der Waals surface area contributed by atoms with Crippen molar-refractivity contribution in [2.75, 3.05) is 7.11 Å². The Morgan fingerprint density at radius 3 is 2.45 bits per heavy atom. The third-order valence-corrected chi connectivity index (χ3v) is 3.88. The van der Waals surface area contributed by atoms with E-state index in [0.29, 0.717) is 23.1 Å². The third-order valence-electron chi connectivity index (χ3n) is 3.17. The van der Waals surface area contributed by atoms with Crippen LogP contribution in [-0.4, -0.2) is 7.11 Å². The van der Waals surface area contributed by atoms with Crippen molar-refractivity contribution >= 4 is 15.9 Å². The Balaban J connectivity index is 2.88. The molecule has 0 bridgehead atoms. The molecule has 0 aliphatic rings. The van der Waals surface area contributed by atoms with E-state index in [-0.39, 0.29) is 10.2 Å². The zero-order chi connectivity index (χ0) is 14.7. The van der Waals surface area contributed by atoms with E-state index < -0.39 is 5.82 Å². The fraction of sp³-hybridized carbons (Fsp3) is 0.188. The van der Waals surface area contributed by atoms with Gasteiger partial charge in [-0.2, -0.15) is 5.26 Å². The van der Waals surface area contributed by atoms with E-state index >= 15 is 0 Å². The SMILES string of the molecule is CCc1c(C#N)c(OC)c(Br)c(F)c1-c1ccccc1. The first kappa shape index (κ1) is 14.5. The predicted molar refractivity (Wildman–Crippen MR) is 80.2 cm³/mol. The minimum atomic E-state index is -0.399. The molecule has 0 N–H and O–H groups in total. The fourth-order valence-corrected chi connectivity index (χ4v) is 2.84. The molecular weight excluding hydrogens is 321 g/mol. The lowest BCUT2D eigenvalue weighted by atomic mass is 9.93. The van der Waals surface area contributed by atoms with Crippen molar-refractivity contribution in [3.05, 3.63) is 51.7 Å². The highest BCUT2D eigenvalue weighted by atomic mass is 79.9. The van der Waals surface area contributed by atoms with E-state index in [9.17, 15) is 9.65 Å². The smallest absolute Gasteiger partial charge is 0.154 e. The van der Waals surface area contributed by atoms with Gasteiger partial charge in [-0.25, -0.2) is 4.39 Å². The van der Waals surface area contributed by atoms with Gasteiger partial charge in [0.15, 0.2) is 5.75 Å². The second-order valence-corrected chi connectivity index (χ2v) is 5.01. The quantitative estimate of drug-likeness (QED) is 0.815. The van der Waals surface area contributed by atoms with E-state index in [1.54, 1.807) is 0 Å². The Hall–Kier alpha value is -1.86. The van der Waals surface area contributed by atoms with Gasteiger partial charge in [-0.3, -0.25) is 0 Å². The lowest BCUT2D eigenvalue weighted by Crippen LogP contribution is -2.02. The number of nitriles is 1. The van der Waals surface area contributed by atoms with Crippen LogP contribution in [0.3, 0.4) is 0 Å². The first-order valence-electron chi connectivity index (χ1n) is 6.19. The van der Waals surface area contributed by atoms with Crippen molar-refractivity contribution in [2.24, 2.45) is 0 Å². The number of halogens is 2. The van der Waals surface area contributed by atoms with Crippen LogP contribution in [-0.2, 0) is 6.42 Å². The van der Waals surface area contributed by atoms with Crippen molar-refractivity contribution < 1.29 is 9.13 Å². The Morgan fingerprint density at radius 1 is 1.30 bits per heavy atom. The van der Waals surface area contributed by atoms with Crippen molar-refractivity contribution in [1.82, 2.24) is 0 Å². The van der Waals surface area contributed by atoms with Gasteiger partial charge in [0.05, 0.1) is 17.1 Å². The number of methoxy groups -OCH3 is 1. The van der Waals surface area contributed by atoms with E-state index in [1.807, 2.05) is 37.3 Å². The van der Waals surface area contributed by atoms with E-state index in [4.69, 9.17) is 4.74 Å². The minimum absolute atomic E-state index is 0.188. The molecule has 0 unspecified atom stereocenters. The summed E-state index contributed by atoms with van der Waals surface area (Å²) in [6, 6.07) is 11.3. The van der Waals surface area contributed by atoms with Crippen molar-refractivity contribution in [3.8, 4) is 22.9 Å². The number of nitrogens with zero attached hydrogens (tertiary/aromatic N) is 1. The maximum absolute atomic E-state index is 14.7. The predicted octanol–water partition coefficient (Wildman–Crippen LogP) is 4.70. The number of rotatable bonds is 3. The molecule has 0 radical (unpaired) electrons. The molecule has 2 rings (SSSR count). The first-order valence-corrected chi connectivity index (χ1v) is 6.98. The molecule has 2 nitrogen and oxygen atoms in total. The van der Waals surface area contributed by atoms with Gasteiger partial charge >= 0.3 is 0 Å². The molecule has 2 aromatic carbocycles. The van der Waals surface area contributed by atoms with Crippen LogP contribution in [0.15, 0.2) is 34.8 Å². The molecular formula is C16H13BrFNO.